The molecule has 4 nitrogen and oxygen atoms in total. The lowest BCUT2D eigenvalue weighted by atomic mass is 10.2. The minimum absolute atomic E-state index is 0.212. The maximum Gasteiger partial charge on any atom is 0.451 e. The number of hydrogen-bond acceptors (Lipinski definition) is 4. The molecule has 0 unspecified atom stereocenters. The molecule has 1 aliphatic rings. The van der Waals surface area contributed by atoms with Crippen molar-refractivity contribution in [1.29, 1.82) is 0 Å². The summed E-state index contributed by atoms with van der Waals surface area (Å²) in [5.41, 5.74) is 0. The zero-order valence-electron chi connectivity index (χ0n) is 12.1. The Bertz CT molecular complexity index is 458. The van der Waals surface area contributed by atoms with E-state index in [4.69, 9.17) is 0 Å². The van der Waals surface area contributed by atoms with Crippen molar-refractivity contribution in [1.82, 2.24) is 9.97 Å². The first kappa shape index (κ1) is 15.9. The standard InChI is InChI=1S/C14H21F3N4/c1-2-7-18-11-9-12(19-8-3-4-10-5-6-10)21-13(20-11)14(15,16)17/h9-10H,2-8H2,1H3,(H2,18,19,20,21). The molecule has 0 radical (unpaired) electrons. The lowest BCUT2D eigenvalue weighted by molar-refractivity contribution is -0.144. The van der Waals surface area contributed by atoms with Gasteiger partial charge in [-0.1, -0.05) is 19.8 Å². The van der Waals surface area contributed by atoms with Crippen LogP contribution >= 0.6 is 0 Å². The number of rotatable bonds is 8. The van der Waals surface area contributed by atoms with Gasteiger partial charge in [-0.15, -0.1) is 0 Å². The van der Waals surface area contributed by atoms with Gasteiger partial charge in [0.15, 0.2) is 0 Å². The van der Waals surface area contributed by atoms with Crippen molar-refractivity contribution in [3.8, 4) is 0 Å². The molecule has 7 heteroatoms. The summed E-state index contributed by atoms with van der Waals surface area (Å²) < 4.78 is 38.4. The molecule has 118 valence electrons. The summed E-state index contributed by atoms with van der Waals surface area (Å²) in [5, 5.41) is 5.84. The van der Waals surface area contributed by atoms with Crippen LogP contribution in [-0.2, 0) is 6.18 Å². The molecule has 0 aromatic carbocycles. The summed E-state index contributed by atoms with van der Waals surface area (Å²) >= 11 is 0. The smallest absolute Gasteiger partial charge is 0.370 e. The summed E-state index contributed by atoms with van der Waals surface area (Å²) in [6, 6.07) is 1.53. The van der Waals surface area contributed by atoms with Crippen molar-refractivity contribution in [2.45, 2.75) is 45.2 Å². The van der Waals surface area contributed by atoms with Crippen LogP contribution < -0.4 is 10.6 Å². The van der Waals surface area contributed by atoms with Crippen molar-refractivity contribution < 1.29 is 13.2 Å². The van der Waals surface area contributed by atoms with Gasteiger partial charge < -0.3 is 10.6 Å². The largest absolute Gasteiger partial charge is 0.451 e. The topological polar surface area (TPSA) is 49.8 Å². The highest BCUT2D eigenvalue weighted by atomic mass is 19.4. The molecule has 0 spiro atoms. The van der Waals surface area contributed by atoms with E-state index in [0.29, 0.717) is 13.1 Å². The van der Waals surface area contributed by atoms with E-state index in [1.54, 1.807) is 0 Å². The van der Waals surface area contributed by atoms with E-state index in [-0.39, 0.29) is 11.6 Å². The monoisotopic (exact) mass is 302 g/mol. The van der Waals surface area contributed by atoms with Gasteiger partial charge in [-0.25, -0.2) is 9.97 Å². The van der Waals surface area contributed by atoms with Crippen LogP contribution in [0.2, 0.25) is 0 Å². The van der Waals surface area contributed by atoms with Gasteiger partial charge in [0, 0.05) is 19.2 Å². The highest BCUT2D eigenvalue weighted by Crippen LogP contribution is 2.33. The van der Waals surface area contributed by atoms with Crippen molar-refractivity contribution in [3.63, 3.8) is 0 Å². The first-order chi connectivity index (χ1) is 9.99. The lowest BCUT2D eigenvalue weighted by Gasteiger charge is -2.12. The third kappa shape index (κ3) is 5.40. The van der Waals surface area contributed by atoms with Gasteiger partial charge in [-0.2, -0.15) is 13.2 Å². The molecule has 0 atom stereocenters. The first-order valence-electron chi connectivity index (χ1n) is 7.43. The average Bonchev–Trinajstić information content (AvgIpc) is 3.24. The van der Waals surface area contributed by atoms with E-state index in [2.05, 4.69) is 20.6 Å². The Balaban J connectivity index is 1.98. The van der Waals surface area contributed by atoms with Crippen LogP contribution in [-0.4, -0.2) is 23.1 Å². The summed E-state index contributed by atoms with van der Waals surface area (Å²) in [5.74, 6) is 0.161. The third-order valence-electron chi connectivity index (χ3n) is 3.33. The maximum atomic E-state index is 12.8. The average molecular weight is 302 g/mol. The molecule has 2 rings (SSSR count). The molecule has 1 aromatic rings. The van der Waals surface area contributed by atoms with Gasteiger partial charge >= 0.3 is 6.18 Å². The van der Waals surface area contributed by atoms with Crippen LogP contribution in [0.5, 0.6) is 0 Å². The fraction of sp³-hybridized carbons (Fsp3) is 0.714. The van der Waals surface area contributed by atoms with E-state index < -0.39 is 12.0 Å². The number of nitrogens with one attached hydrogen (secondary N) is 2. The number of halogens is 3. The fourth-order valence-corrected chi connectivity index (χ4v) is 2.02. The van der Waals surface area contributed by atoms with Gasteiger partial charge in [-0.05, 0) is 25.2 Å². The summed E-state index contributed by atoms with van der Waals surface area (Å²) in [4.78, 5) is 7.08. The SMILES string of the molecule is CCCNc1cc(NCCCC2CC2)nc(C(F)(F)F)n1. The van der Waals surface area contributed by atoms with Crippen LogP contribution in [0.15, 0.2) is 6.07 Å². The molecule has 2 N–H and O–H groups in total. The van der Waals surface area contributed by atoms with E-state index in [9.17, 15) is 13.2 Å². The Hall–Kier alpha value is -1.53. The molecule has 21 heavy (non-hydrogen) atoms. The second-order valence-corrected chi connectivity index (χ2v) is 5.40. The minimum Gasteiger partial charge on any atom is -0.370 e. The molecule has 0 bridgehead atoms. The van der Waals surface area contributed by atoms with E-state index in [0.717, 1.165) is 25.2 Å². The van der Waals surface area contributed by atoms with Gasteiger partial charge in [0.25, 0.3) is 0 Å². The van der Waals surface area contributed by atoms with Crippen molar-refractivity contribution in [2.75, 3.05) is 23.7 Å². The maximum absolute atomic E-state index is 12.8. The first-order valence-corrected chi connectivity index (χ1v) is 7.43. The highest BCUT2D eigenvalue weighted by molar-refractivity contribution is 5.47. The summed E-state index contributed by atoms with van der Waals surface area (Å²) in [6.45, 7) is 3.16. The Morgan fingerprint density at radius 1 is 1.14 bits per heavy atom. The number of aromatic nitrogens is 2. The Kier molecular flexibility index (Phi) is 5.25. The molecule has 1 aliphatic carbocycles. The summed E-state index contributed by atoms with van der Waals surface area (Å²) in [6.07, 6.45) is 0.941. The molecule has 1 saturated carbocycles. The molecule has 0 aliphatic heterocycles. The molecule has 0 amide bonds. The molecule has 1 heterocycles. The van der Waals surface area contributed by atoms with Gasteiger partial charge in [-0.3, -0.25) is 0 Å². The number of alkyl halides is 3. The Morgan fingerprint density at radius 2 is 1.76 bits per heavy atom. The van der Waals surface area contributed by atoms with Gasteiger partial charge in [0.1, 0.15) is 11.6 Å². The molecule has 1 fully saturated rings. The van der Waals surface area contributed by atoms with Crippen LogP contribution in [0.4, 0.5) is 24.8 Å². The predicted octanol–water partition coefficient (Wildman–Crippen LogP) is 3.92. The Morgan fingerprint density at radius 3 is 2.29 bits per heavy atom. The van der Waals surface area contributed by atoms with Crippen LogP contribution in [0.25, 0.3) is 0 Å². The molecular formula is C14H21F3N4. The molecular weight excluding hydrogens is 281 g/mol. The van der Waals surface area contributed by atoms with E-state index in [1.165, 1.54) is 18.9 Å². The van der Waals surface area contributed by atoms with Crippen molar-refractivity contribution >= 4 is 11.6 Å². The predicted molar refractivity (Wildman–Crippen MR) is 76.3 cm³/mol. The summed E-state index contributed by atoms with van der Waals surface area (Å²) in [7, 11) is 0. The van der Waals surface area contributed by atoms with Crippen LogP contribution in [0.1, 0.15) is 44.9 Å². The van der Waals surface area contributed by atoms with Crippen LogP contribution in [0.3, 0.4) is 0 Å². The second kappa shape index (κ2) is 6.95. The number of anilines is 2. The highest BCUT2D eigenvalue weighted by Gasteiger charge is 2.35. The number of nitrogens with zero attached hydrogens (tertiary/aromatic N) is 2. The third-order valence-corrected chi connectivity index (χ3v) is 3.33. The Labute approximate surface area is 122 Å². The lowest BCUT2D eigenvalue weighted by Crippen LogP contribution is -2.16. The molecule has 1 aromatic heterocycles. The van der Waals surface area contributed by atoms with Crippen LogP contribution in [0, 0.1) is 5.92 Å². The quantitative estimate of drug-likeness (QED) is 0.715. The molecule has 0 saturated heterocycles. The zero-order chi connectivity index (χ0) is 15.3. The van der Waals surface area contributed by atoms with Gasteiger partial charge in [0.05, 0.1) is 0 Å². The van der Waals surface area contributed by atoms with E-state index >= 15 is 0 Å². The normalized spacial score (nSPS) is 15.0. The minimum atomic E-state index is -4.53. The fourth-order valence-electron chi connectivity index (χ4n) is 2.02. The van der Waals surface area contributed by atoms with E-state index in [1.807, 2.05) is 6.92 Å². The zero-order valence-corrected chi connectivity index (χ0v) is 12.1. The van der Waals surface area contributed by atoms with Crippen molar-refractivity contribution in [3.05, 3.63) is 11.9 Å². The van der Waals surface area contributed by atoms with Crippen molar-refractivity contribution in [2.24, 2.45) is 5.92 Å². The second-order valence-electron chi connectivity index (χ2n) is 5.40. The number of hydrogen-bond donors (Lipinski definition) is 2. The van der Waals surface area contributed by atoms with Gasteiger partial charge in [0.2, 0.25) is 5.82 Å².